The van der Waals surface area contributed by atoms with E-state index in [0.29, 0.717) is 44.2 Å². The number of alkyl halides is 3. The molecule has 43 heavy (non-hydrogen) atoms. The van der Waals surface area contributed by atoms with Gasteiger partial charge in [0.2, 0.25) is 0 Å². The Balaban J connectivity index is 1.28. The first-order valence-electron chi connectivity index (χ1n) is 14.6. The number of halogens is 4. The summed E-state index contributed by atoms with van der Waals surface area (Å²) in [5, 5.41) is 2.74. The van der Waals surface area contributed by atoms with Crippen molar-refractivity contribution in [2.45, 2.75) is 38.0 Å². The Morgan fingerprint density at radius 2 is 1.79 bits per heavy atom. The highest BCUT2D eigenvalue weighted by Gasteiger charge is 2.40. The Hall–Kier alpha value is -3.57. The maximum atomic E-state index is 13.1. The van der Waals surface area contributed by atoms with Crippen molar-refractivity contribution in [3.8, 4) is 6.01 Å². The van der Waals surface area contributed by atoms with E-state index in [4.69, 9.17) is 26.3 Å². The molecular formula is C31H34ClF3N6O2. The average Bonchev–Trinajstić information content (AvgIpc) is 3.42. The van der Waals surface area contributed by atoms with Crippen LogP contribution < -0.4 is 14.5 Å². The summed E-state index contributed by atoms with van der Waals surface area (Å²) in [6.07, 6.45) is -1.92. The summed E-state index contributed by atoms with van der Waals surface area (Å²) in [6, 6.07) is 12.6. The van der Waals surface area contributed by atoms with E-state index < -0.39 is 17.7 Å². The molecule has 2 saturated heterocycles. The highest BCUT2D eigenvalue weighted by atomic mass is 35.5. The highest BCUT2D eigenvalue weighted by Crippen LogP contribution is 2.37. The maximum Gasteiger partial charge on any atom is 0.421 e. The molecule has 2 aromatic carbocycles. The lowest BCUT2D eigenvalue weighted by Crippen LogP contribution is -2.50. The third-order valence-electron chi connectivity index (χ3n) is 8.74. The van der Waals surface area contributed by atoms with Crippen molar-refractivity contribution in [2.24, 2.45) is 0 Å². The quantitative estimate of drug-likeness (QED) is 0.359. The zero-order valence-corrected chi connectivity index (χ0v) is 24.8. The van der Waals surface area contributed by atoms with E-state index in [0.717, 1.165) is 52.9 Å². The van der Waals surface area contributed by atoms with Crippen LogP contribution >= 0.6 is 11.6 Å². The van der Waals surface area contributed by atoms with E-state index >= 15 is 0 Å². The lowest BCUT2D eigenvalue weighted by atomic mass is 10.0. The van der Waals surface area contributed by atoms with Crippen LogP contribution in [0.25, 0.3) is 10.8 Å². The van der Waals surface area contributed by atoms with Crippen molar-refractivity contribution in [1.29, 1.82) is 0 Å². The van der Waals surface area contributed by atoms with Crippen LogP contribution in [0.1, 0.15) is 24.1 Å². The lowest BCUT2D eigenvalue weighted by Gasteiger charge is -2.38. The number of nitrogens with zero attached hydrogens (tertiary/aromatic N) is 6. The SMILES string of the molecule is C=C(C(=O)N1CCN(c2nc(OC[C@@H]3CCCN3C)nc3c2CCN(c2cccc4cccc(Cl)c24)C3)CC1)C(F)(F)F. The van der Waals surface area contributed by atoms with Crippen molar-refractivity contribution < 1.29 is 22.7 Å². The van der Waals surface area contributed by atoms with Crippen LogP contribution in [-0.2, 0) is 17.8 Å². The number of piperazine rings is 1. The number of carbonyl (C=O) groups excluding carboxylic acids is 1. The minimum atomic E-state index is -4.75. The topological polar surface area (TPSA) is 65.0 Å². The van der Waals surface area contributed by atoms with Gasteiger partial charge in [-0.1, -0.05) is 42.4 Å². The Bertz CT molecular complexity index is 1540. The molecule has 4 heterocycles. The molecule has 0 spiro atoms. The number of carbonyl (C=O) groups is 1. The first-order chi connectivity index (χ1) is 20.6. The minimum absolute atomic E-state index is 0.135. The minimum Gasteiger partial charge on any atom is -0.462 e. The van der Waals surface area contributed by atoms with Gasteiger partial charge in [-0.3, -0.25) is 4.79 Å². The maximum absolute atomic E-state index is 13.1. The van der Waals surface area contributed by atoms with Crippen molar-refractivity contribution in [1.82, 2.24) is 19.8 Å². The molecular weight excluding hydrogens is 581 g/mol. The molecule has 12 heteroatoms. The van der Waals surface area contributed by atoms with Gasteiger partial charge in [0.05, 0.1) is 17.3 Å². The predicted molar refractivity (Wildman–Crippen MR) is 161 cm³/mol. The van der Waals surface area contributed by atoms with Gasteiger partial charge in [0.1, 0.15) is 18.0 Å². The summed E-state index contributed by atoms with van der Waals surface area (Å²) >= 11 is 6.65. The fourth-order valence-electron chi connectivity index (χ4n) is 6.25. The van der Waals surface area contributed by atoms with E-state index in [1.54, 1.807) is 0 Å². The average molecular weight is 615 g/mol. The Morgan fingerprint density at radius 3 is 2.49 bits per heavy atom. The van der Waals surface area contributed by atoms with Crippen molar-refractivity contribution in [2.75, 3.05) is 62.7 Å². The molecule has 3 aliphatic rings. The molecule has 1 aromatic heterocycles. The van der Waals surface area contributed by atoms with Gasteiger partial charge in [0.25, 0.3) is 5.91 Å². The molecule has 0 unspecified atom stereocenters. The van der Waals surface area contributed by atoms with Gasteiger partial charge < -0.3 is 24.3 Å². The van der Waals surface area contributed by atoms with Gasteiger partial charge >= 0.3 is 12.2 Å². The first kappa shape index (κ1) is 29.5. The third kappa shape index (κ3) is 5.97. The molecule has 0 N–H and O–H groups in total. The molecule has 228 valence electrons. The number of hydrogen-bond acceptors (Lipinski definition) is 7. The first-order valence-corrected chi connectivity index (χ1v) is 14.9. The molecule has 1 atom stereocenters. The number of rotatable bonds is 6. The number of anilines is 2. The van der Waals surface area contributed by atoms with E-state index in [-0.39, 0.29) is 25.1 Å². The molecule has 0 aliphatic carbocycles. The summed E-state index contributed by atoms with van der Waals surface area (Å²) in [6.45, 7) is 6.67. The molecule has 1 amide bonds. The molecule has 3 aliphatic heterocycles. The lowest BCUT2D eigenvalue weighted by molar-refractivity contribution is -0.139. The zero-order chi connectivity index (χ0) is 30.3. The smallest absolute Gasteiger partial charge is 0.421 e. The van der Waals surface area contributed by atoms with Crippen LogP contribution in [0, 0.1) is 0 Å². The van der Waals surface area contributed by atoms with E-state index in [2.05, 4.69) is 29.5 Å². The van der Waals surface area contributed by atoms with Crippen LogP contribution in [0.4, 0.5) is 24.7 Å². The fourth-order valence-corrected chi connectivity index (χ4v) is 6.53. The van der Waals surface area contributed by atoms with Crippen LogP contribution in [0.2, 0.25) is 5.02 Å². The molecule has 3 aromatic rings. The summed E-state index contributed by atoms with van der Waals surface area (Å²) in [4.78, 5) is 29.9. The summed E-state index contributed by atoms with van der Waals surface area (Å²) in [7, 11) is 2.08. The number of likely N-dealkylation sites (tertiary alicyclic amines) is 1. The van der Waals surface area contributed by atoms with Gasteiger partial charge in [-0.2, -0.15) is 23.1 Å². The molecule has 0 bridgehead atoms. The number of aromatic nitrogens is 2. The molecule has 0 radical (unpaired) electrons. The van der Waals surface area contributed by atoms with Gasteiger partial charge in [-0.15, -0.1) is 0 Å². The zero-order valence-electron chi connectivity index (χ0n) is 24.0. The largest absolute Gasteiger partial charge is 0.462 e. The highest BCUT2D eigenvalue weighted by molar-refractivity contribution is 6.36. The van der Waals surface area contributed by atoms with Crippen LogP contribution in [0.15, 0.2) is 48.6 Å². The predicted octanol–water partition coefficient (Wildman–Crippen LogP) is 5.09. The standard InChI is InChI=1S/C31H34ClF3N6O2/c1-20(31(33,34)35)29(42)40-16-14-39(15-17-40)28-23-11-13-41(26-10-4-7-21-6-3-9-24(32)27(21)26)18-25(23)36-30(37-28)43-19-22-8-5-12-38(22)2/h3-4,6-7,9-10,22H,1,5,8,11-19H2,2H3/t22-/m0/s1. The number of fused-ring (bicyclic) bond motifs is 2. The van der Waals surface area contributed by atoms with E-state index in [9.17, 15) is 18.0 Å². The van der Waals surface area contributed by atoms with Gasteiger partial charge in [-0.05, 0) is 50.4 Å². The van der Waals surface area contributed by atoms with Crippen molar-refractivity contribution in [3.05, 3.63) is 64.8 Å². The van der Waals surface area contributed by atoms with E-state index in [1.165, 1.54) is 4.90 Å². The van der Waals surface area contributed by atoms with Crippen LogP contribution in [0.5, 0.6) is 6.01 Å². The number of benzene rings is 2. The molecule has 8 nitrogen and oxygen atoms in total. The Labute approximate surface area is 253 Å². The number of likely N-dealkylation sites (N-methyl/N-ethyl adjacent to an activating group) is 1. The van der Waals surface area contributed by atoms with Crippen LogP contribution in [-0.4, -0.2) is 90.8 Å². The van der Waals surface area contributed by atoms with E-state index in [1.807, 2.05) is 35.2 Å². The number of ether oxygens (including phenoxy) is 1. The second kappa shape index (κ2) is 11.8. The van der Waals surface area contributed by atoms with Crippen molar-refractivity contribution >= 4 is 39.8 Å². The van der Waals surface area contributed by atoms with Crippen molar-refractivity contribution in [3.63, 3.8) is 0 Å². The molecule has 2 fully saturated rings. The Morgan fingerprint density at radius 1 is 1.05 bits per heavy atom. The number of amides is 1. The number of hydrogen-bond donors (Lipinski definition) is 0. The van der Waals surface area contributed by atoms with Gasteiger partial charge in [0, 0.05) is 55.4 Å². The molecule has 0 saturated carbocycles. The Kier molecular flexibility index (Phi) is 8.12. The second-order valence-electron chi connectivity index (χ2n) is 11.4. The second-order valence-corrected chi connectivity index (χ2v) is 11.8. The third-order valence-corrected chi connectivity index (χ3v) is 9.05. The summed E-state index contributed by atoms with van der Waals surface area (Å²) in [5.41, 5.74) is 1.52. The van der Waals surface area contributed by atoms with Crippen LogP contribution in [0.3, 0.4) is 0 Å². The normalized spacial score (nSPS) is 19.6. The van der Waals surface area contributed by atoms with Gasteiger partial charge in [-0.25, -0.2) is 0 Å². The summed E-state index contributed by atoms with van der Waals surface area (Å²) in [5.74, 6) is -0.358. The molecule has 6 rings (SSSR count). The van der Waals surface area contributed by atoms with Gasteiger partial charge in [0.15, 0.2) is 0 Å². The monoisotopic (exact) mass is 614 g/mol. The fraction of sp³-hybridized carbons (Fsp3) is 0.452. The summed E-state index contributed by atoms with van der Waals surface area (Å²) < 4.78 is 45.5.